The van der Waals surface area contributed by atoms with Crippen LogP contribution < -0.4 is 4.74 Å². The average Bonchev–Trinajstić information content (AvgIpc) is 2.80. The van der Waals surface area contributed by atoms with Gasteiger partial charge in [-0.25, -0.2) is 5.06 Å². The number of hydrogen-bond donors (Lipinski definition) is 0. The minimum absolute atomic E-state index is 0.0568. The topological polar surface area (TPSA) is 42.0 Å². The molecule has 5 heteroatoms. The first-order chi connectivity index (χ1) is 15.0. The Labute approximate surface area is 184 Å². The molecule has 31 heavy (non-hydrogen) atoms. The highest BCUT2D eigenvalue weighted by Crippen LogP contribution is 2.33. The molecule has 3 rings (SSSR count). The molecule has 0 saturated heterocycles. The van der Waals surface area contributed by atoms with Gasteiger partial charge in [-0.3, -0.25) is 9.63 Å². The first-order valence-corrected chi connectivity index (χ1v) is 10.3. The van der Waals surface area contributed by atoms with Gasteiger partial charge >= 0.3 is 0 Å². The lowest BCUT2D eigenvalue weighted by molar-refractivity contribution is -0.0756. The maximum absolute atomic E-state index is 12.3. The summed E-state index contributed by atoms with van der Waals surface area (Å²) < 4.78 is 5.84. The van der Waals surface area contributed by atoms with Crippen LogP contribution in [0, 0.1) is 0 Å². The van der Waals surface area contributed by atoms with Crippen molar-refractivity contribution in [2.45, 2.75) is 5.92 Å². The van der Waals surface area contributed by atoms with Crippen LogP contribution in [0.1, 0.15) is 33.0 Å². The van der Waals surface area contributed by atoms with Crippen molar-refractivity contribution in [2.75, 3.05) is 41.4 Å². The number of carbonyl (C=O) groups excluding carboxylic acids is 1. The van der Waals surface area contributed by atoms with Crippen molar-refractivity contribution in [3.63, 3.8) is 0 Å². The number of hydrogen-bond acceptors (Lipinski definition) is 4. The SMILES string of the molecule is CON(C)C(=O)c1ccc(C(c2ccccc2)c2ccc(OCCN(C)C)cc2)cc1. The first kappa shape index (κ1) is 22.5. The zero-order chi connectivity index (χ0) is 22.2. The Bertz CT molecular complexity index is 954. The van der Waals surface area contributed by atoms with Crippen molar-refractivity contribution in [2.24, 2.45) is 0 Å². The van der Waals surface area contributed by atoms with Crippen LogP contribution in [0.15, 0.2) is 78.9 Å². The Morgan fingerprint density at radius 2 is 1.35 bits per heavy atom. The molecule has 0 aliphatic heterocycles. The van der Waals surface area contributed by atoms with E-state index in [-0.39, 0.29) is 11.8 Å². The molecular formula is C26H30N2O3. The average molecular weight is 419 g/mol. The largest absolute Gasteiger partial charge is 0.492 e. The number of hydroxylamine groups is 2. The van der Waals surface area contributed by atoms with E-state index in [0.717, 1.165) is 17.9 Å². The van der Waals surface area contributed by atoms with E-state index in [4.69, 9.17) is 9.57 Å². The van der Waals surface area contributed by atoms with Crippen molar-refractivity contribution in [3.8, 4) is 5.75 Å². The normalized spacial score (nSPS) is 11.9. The summed E-state index contributed by atoms with van der Waals surface area (Å²) in [5, 5.41) is 1.22. The van der Waals surface area contributed by atoms with Gasteiger partial charge < -0.3 is 9.64 Å². The number of likely N-dealkylation sites (N-methyl/N-ethyl adjacent to an activating group) is 1. The fraction of sp³-hybridized carbons (Fsp3) is 0.269. The van der Waals surface area contributed by atoms with Gasteiger partial charge in [-0.15, -0.1) is 0 Å². The van der Waals surface area contributed by atoms with Gasteiger partial charge in [-0.05, 0) is 55.1 Å². The Balaban J connectivity index is 1.87. The number of carbonyl (C=O) groups is 1. The smallest absolute Gasteiger partial charge is 0.277 e. The Kier molecular flexibility index (Phi) is 7.82. The zero-order valence-corrected chi connectivity index (χ0v) is 18.6. The molecule has 0 radical (unpaired) electrons. The monoisotopic (exact) mass is 418 g/mol. The summed E-state index contributed by atoms with van der Waals surface area (Å²) in [7, 11) is 7.14. The van der Waals surface area contributed by atoms with Crippen molar-refractivity contribution >= 4 is 5.91 Å². The summed E-state index contributed by atoms with van der Waals surface area (Å²) in [5.41, 5.74) is 4.06. The highest BCUT2D eigenvalue weighted by atomic mass is 16.7. The predicted molar refractivity (Wildman–Crippen MR) is 123 cm³/mol. The molecule has 0 N–H and O–H groups in total. The quantitative estimate of drug-likeness (QED) is 0.381. The second-order valence-electron chi connectivity index (χ2n) is 7.67. The lowest BCUT2D eigenvalue weighted by Gasteiger charge is -2.20. The van der Waals surface area contributed by atoms with Gasteiger partial charge in [0.05, 0.1) is 7.11 Å². The maximum atomic E-state index is 12.3. The van der Waals surface area contributed by atoms with Crippen LogP contribution >= 0.6 is 0 Å². The van der Waals surface area contributed by atoms with Crippen molar-refractivity contribution in [1.82, 2.24) is 9.96 Å². The molecule has 0 spiro atoms. The molecule has 1 unspecified atom stereocenters. The Hall–Kier alpha value is -3.15. The van der Waals surface area contributed by atoms with E-state index in [9.17, 15) is 4.79 Å². The minimum atomic E-state index is -0.176. The molecule has 0 saturated carbocycles. The van der Waals surface area contributed by atoms with E-state index < -0.39 is 0 Å². The molecule has 0 fully saturated rings. The van der Waals surface area contributed by atoms with E-state index in [1.54, 1.807) is 7.05 Å². The number of rotatable bonds is 9. The molecule has 0 heterocycles. The van der Waals surface area contributed by atoms with Crippen LogP contribution in [0.2, 0.25) is 0 Å². The molecule has 3 aromatic rings. The highest BCUT2D eigenvalue weighted by Gasteiger charge is 2.18. The second kappa shape index (κ2) is 10.8. The van der Waals surface area contributed by atoms with E-state index in [1.165, 1.54) is 23.3 Å². The molecule has 5 nitrogen and oxygen atoms in total. The van der Waals surface area contributed by atoms with Gasteiger partial charge in [0.1, 0.15) is 12.4 Å². The summed E-state index contributed by atoms with van der Waals surface area (Å²) >= 11 is 0. The molecule has 0 aliphatic rings. The van der Waals surface area contributed by atoms with E-state index in [0.29, 0.717) is 12.2 Å². The van der Waals surface area contributed by atoms with Gasteiger partial charge in [0.25, 0.3) is 5.91 Å². The van der Waals surface area contributed by atoms with Crippen LogP contribution in [0.25, 0.3) is 0 Å². The fourth-order valence-electron chi connectivity index (χ4n) is 3.41. The Morgan fingerprint density at radius 1 is 0.806 bits per heavy atom. The second-order valence-corrected chi connectivity index (χ2v) is 7.67. The van der Waals surface area contributed by atoms with Gasteiger partial charge in [0.15, 0.2) is 0 Å². The molecule has 1 atom stereocenters. The molecule has 3 aromatic carbocycles. The van der Waals surface area contributed by atoms with Crippen LogP contribution in [-0.2, 0) is 4.84 Å². The van der Waals surface area contributed by atoms with E-state index in [2.05, 4.69) is 29.2 Å². The van der Waals surface area contributed by atoms with Gasteiger partial charge in [-0.2, -0.15) is 0 Å². The van der Waals surface area contributed by atoms with E-state index >= 15 is 0 Å². The third-order valence-electron chi connectivity index (χ3n) is 5.20. The Morgan fingerprint density at radius 3 is 1.90 bits per heavy atom. The summed E-state index contributed by atoms with van der Waals surface area (Å²) in [6.07, 6.45) is 0. The van der Waals surface area contributed by atoms with Gasteiger partial charge in [0, 0.05) is 25.1 Å². The fourth-order valence-corrected chi connectivity index (χ4v) is 3.41. The van der Waals surface area contributed by atoms with Crippen LogP contribution in [-0.4, -0.2) is 57.3 Å². The number of amides is 1. The number of nitrogens with zero attached hydrogens (tertiary/aromatic N) is 2. The maximum Gasteiger partial charge on any atom is 0.277 e. The van der Waals surface area contributed by atoms with Crippen molar-refractivity contribution in [3.05, 3.63) is 101 Å². The van der Waals surface area contributed by atoms with Crippen molar-refractivity contribution in [1.29, 1.82) is 0 Å². The molecular weight excluding hydrogens is 388 g/mol. The molecule has 162 valence electrons. The third kappa shape index (κ3) is 5.94. The van der Waals surface area contributed by atoms with Crippen molar-refractivity contribution < 1.29 is 14.4 Å². The molecule has 0 aromatic heterocycles. The van der Waals surface area contributed by atoms with Crippen LogP contribution in [0.3, 0.4) is 0 Å². The summed E-state index contributed by atoms with van der Waals surface area (Å²) in [6, 6.07) is 26.4. The van der Waals surface area contributed by atoms with Crippen LogP contribution in [0.5, 0.6) is 5.75 Å². The van der Waals surface area contributed by atoms with E-state index in [1.807, 2.05) is 68.7 Å². The first-order valence-electron chi connectivity index (χ1n) is 10.3. The summed E-state index contributed by atoms with van der Waals surface area (Å²) in [6.45, 7) is 1.53. The highest BCUT2D eigenvalue weighted by molar-refractivity contribution is 5.93. The predicted octanol–water partition coefficient (Wildman–Crippen LogP) is 4.44. The lowest BCUT2D eigenvalue weighted by atomic mass is 9.85. The van der Waals surface area contributed by atoms with Gasteiger partial charge in [-0.1, -0.05) is 54.6 Å². The van der Waals surface area contributed by atoms with Crippen LogP contribution in [0.4, 0.5) is 0 Å². The minimum Gasteiger partial charge on any atom is -0.492 e. The molecule has 0 bridgehead atoms. The number of ether oxygens (including phenoxy) is 1. The summed E-state index contributed by atoms with van der Waals surface area (Å²) in [5.74, 6) is 0.742. The zero-order valence-electron chi connectivity index (χ0n) is 18.6. The summed E-state index contributed by atoms with van der Waals surface area (Å²) in [4.78, 5) is 19.4. The molecule has 0 aliphatic carbocycles. The van der Waals surface area contributed by atoms with Gasteiger partial charge in [0.2, 0.25) is 0 Å². The molecule has 1 amide bonds. The number of benzene rings is 3. The lowest BCUT2D eigenvalue weighted by Crippen LogP contribution is -2.25. The standard InChI is InChI=1S/C26H30N2O3/c1-27(2)18-19-31-24-16-14-22(15-17-24)25(20-8-6-5-7-9-20)21-10-12-23(13-11-21)26(29)28(3)30-4/h5-17,25H,18-19H2,1-4H3. The third-order valence-corrected chi connectivity index (χ3v) is 5.20.